The molecule has 3 nitrogen and oxygen atoms in total. The Morgan fingerprint density at radius 1 is 1.12 bits per heavy atom. The van der Waals surface area contributed by atoms with E-state index in [9.17, 15) is 4.79 Å². The Labute approximate surface area is 156 Å². The Balaban J connectivity index is 1.62. The predicted molar refractivity (Wildman–Crippen MR) is 102 cm³/mol. The molecule has 0 aromatic heterocycles. The molecule has 0 saturated carbocycles. The Bertz CT molecular complexity index is 657. The Hall–Kier alpha value is -1.36. The van der Waals surface area contributed by atoms with Crippen LogP contribution in [0.3, 0.4) is 0 Å². The smallest absolute Gasteiger partial charge is 0.230 e. The average molecular weight is 384 g/mol. The first-order valence-electron chi connectivity index (χ1n) is 7.53. The molecule has 2 aromatic carbocycles. The van der Waals surface area contributed by atoms with Crippen molar-refractivity contribution in [1.82, 2.24) is 5.32 Å². The maximum Gasteiger partial charge on any atom is 0.230 e. The summed E-state index contributed by atoms with van der Waals surface area (Å²) in [6.07, 6.45) is 0. The number of hydrogen-bond acceptors (Lipinski definition) is 3. The van der Waals surface area contributed by atoms with Crippen LogP contribution < -0.4 is 10.1 Å². The second kappa shape index (κ2) is 9.82. The maximum atomic E-state index is 11.8. The van der Waals surface area contributed by atoms with E-state index in [0.29, 0.717) is 34.7 Å². The molecule has 0 aliphatic rings. The third kappa shape index (κ3) is 6.27. The van der Waals surface area contributed by atoms with Gasteiger partial charge in [-0.25, -0.2) is 0 Å². The van der Waals surface area contributed by atoms with Crippen LogP contribution >= 0.6 is 35.0 Å². The Morgan fingerprint density at radius 2 is 1.79 bits per heavy atom. The van der Waals surface area contributed by atoms with Crippen molar-refractivity contribution >= 4 is 40.9 Å². The number of halogens is 2. The predicted octanol–water partition coefficient (Wildman–Crippen LogP) is 4.73. The summed E-state index contributed by atoms with van der Waals surface area (Å²) in [6, 6.07) is 13.2. The molecule has 2 rings (SSSR count). The van der Waals surface area contributed by atoms with E-state index in [1.54, 1.807) is 18.2 Å². The van der Waals surface area contributed by atoms with Crippen molar-refractivity contribution in [2.75, 3.05) is 18.9 Å². The average Bonchev–Trinajstić information content (AvgIpc) is 2.56. The second-order valence-corrected chi connectivity index (χ2v) is 7.00. The molecule has 0 unspecified atom stereocenters. The lowest BCUT2D eigenvalue weighted by Gasteiger charge is -2.09. The van der Waals surface area contributed by atoms with Crippen LogP contribution in [0.25, 0.3) is 0 Å². The topological polar surface area (TPSA) is 38.3 Å². The van der Waals surface area contributed by atoms with Crippen molar-refractivity contribution < 1.29 is 9.53 Å². The molecule has 2 aromatic rings. The van der Waals surface area contributed by atoms with Gasteiger partial charge < -0.3 is 10.1 Å². The lowest BCUT2D eigenvalue weighted by molar-refractivity contribution is -0.118. The van der Waals surface area contributed by atoms with Gasteiger partial charge in [-0.1, -0.05) is 47.0 Å². The van der Waals surface area contributed by atoms with Gasteiger partial charge in [0.1, 0.15) is 12.4 Å². The minimum Gasteiger partial charge on any atom is -0.492 e. The number of hydrogen-bond donors (Lipinski definition) is 1. The van der Waals surface area contributed by atoms with Crippen molar-refractivity contribution in [2.24, 2.45) is 0 Å². The van der Waals surface area contributed by atoms with Gasteiger partial charge in [0.25, 0.3) is 0 Å². The normalized spacial score (nSPS) is 10.5. The summed E-state index contributed by atoms with van der Waals surface area (Å²) in [7, 11) is 0. The summed E-state index contributed by atoms with van der Waals surface area (Å²) >= 11 is 13.7. The van der Waals surface area contributed by atoms with Crippen molar-refractivity contribution in [1.29, 1.82) is 0 Å². The van der Waals surface area contributed by atoms with Gasteiger partial charge in [0.2, 0.25) is 5.91 Å². The molecule has 128 valence electrons. The van der Waals surface area contributed by atoms with E-state index in [-0.39, 0.29) is 5.91 Å². The van der Waals surface area contributed by atoms with Crippen LogP contribution in [0.2, 0.25) is 10.0 Å². The SMILES string of the molecule is Cc1ccc(OCCNC(=O)CSCc2c(Cl)cccc2Cl)cc1. The number of amides is 1. The van der Waals surface area contributed by atoms with Crippen LogP contribution in [0.1, 0.15) is 11.1 Å². The van der Waals surface area contributed by atoms with Gasteiger partial charge in [-0.15, -0.1) is 11.8 Å². The van der Waals surface area contributed by atoms with Gasteiger partial charge in [0.05, 0.1) is 12.3 Å². The van der Waals surface area contributed by atoms with Gasteiger partial charge in [-0.3, -0.25) is 4.79 Å². The lowest BCUT2D eigenvalue weighted by Crippen LogP contribution is -2.29. The molecule has 0 radical (unpaired) electrons. The highest BCUT2D eigenvalue weighted by Gasteiger charge is 2.07. The number of ether oxygens (including phenoxy) is 1. The zero-order valence-electron chi connectivity index (χ0n) is 13.4. The molecule has 0 saturated heterocycles. The molecule has 24 heavy (non-hydrogen) atoms. The molecule has 1 N–H and O–H groups in total. The molecule has 0 bridgehead atoms. The van der Waals surface area contributed by atoms with Gasteiger partial charge in [-0.05, 0) is 36.8 Å². The molecule has 0 fully saturated rings. The van der Waals surface area contributed by atoms with E-state index in [0.717, 1.165) is 11.3 Å². The van der Waals surface area contributed by atoms with Crippen molar-refractivity contribution in [3.63, 3.8) is 0 Å². The van der Waals surface area contributed by atoms with Gasteiger partial charge in [0.15, 0.2) is 0 Å². The van der Waals surface area contributed by atoms with E-state index < -0.39 is 0 Å². The summed E-state index contributed by atoms with van der Waals surface area (Å²) in [6.45, 7) is 2.94. The summed E-state index contributed by atoms with van der Waals surface area (Å²) in [5, 5.41) is 4.08. The summed E-state index contributed by atoms with van der Waals surface area (Å²) in [5.41, 5.74) is 2.05. The quantitative estimate of drug-likeness (QED) is 0.669. The molecule has 0 spiro atoms. The molecule has 0 aliphatic carbocycles. The highest BCUT2D eigenvalue weighted by molar-refractivity contribution is 7.99. The van der Waals surface area contributed by atoms with Crippen molar-refractivity contribution in [3.8, 4) is 5.75 Å². The zero-order chi connectivity index (χ0) is 17.4. The number of benzene rings is 2. The Morgan fingerprint density at radius 3 is 2.46 bits per heavy atom. The first-order valence-corrected chi connectivity index (χ1v) is 9.44. The molecule has 6 heteroatoms. The summed E-state index contributed by atoms with van der Waals surface area (Å²) in [5.74, 6) is 1.73. The van der Waals surface area contributed by atoms with Crippen LogP contribution in [-0.4, -0.2) is 24.8 Å². The molecule has 1 amide bonds. The zero-order valence-corrected chi connectivity index (χ0v) is 15.7. The van der Waals surface area contributed by atoms with Crippen LogP contribution in [-0.2, 0) is 10.5 Å². The third-order valence-corrected chi connectivity index (χ3v) is 4.92. The first kappa shape index (κ1) is 19.0. The minimum absolute atomic E-state index is 0.0318. The van der Waals surface area contributed by atoms with E-state index in [2.05, 4.69) is 5.32 Å². The first-order chi connectivity index (χ1) is 11.6. The van der Waals surface area contributed by atoms with E-state index in [1.807, 2.05) is 31.2 Å². The number of thioether (sulfide) groups is 1. The second-order valence-electron chi connectivity index (χ2n) is 5.20. The minimum atomic E-state index is -0.0318. The van der Waals surface area contributed by atoms with Crippen molar-refractivity contribution in [3.05, 3.63) is 63.6 Å². The molecular formula is C18H19Cl2NO2S. The number of carbonyl (C=O) groups is 1. The third-order valence-electron chi connectivity index (χ3n) is 3.26. The molecular weight excluding hydrogens is 365 g/mol. The number of carbonyl (C=O) groups excluding carboxylic acids is 1. The molecule has 0 aliphatic heterocycles. The Kier molecular flexibility index (Phi) is 7.76. The fourth-order valence-electron chi connectivity index (χ4n) is 1.96. The highest BCUT2D eigenvalue weighted by Crippen LogP contribution is 2.28. The van der Waals surface area contributed by atoms with Gasteiger partial charge >= 0.3 is 0 Å². The summed E-state index contributed by atoms with van der Waals surface area (Å²) < 4.78 is 5.56. The highest BCUT2D eigenvalue weighted by atomic mass is 35.5. The summed E-state index contributed by atoms with van der Waals surface area (Å²) in [4.78, 5) is 11.8. The van der Waals surface area contributed by atoms with Crippen molar-refractivity contribution in [2.45, 2.75) is 12.7 Å². The largest absolute Gasteiger partial charge is 0.492 e. The fourth-order valence-corrected chi connectivity index (χ4v) is 3.56. The van der Waals surface area contributed by atoms with Crippen LogP contribution in [0, 0.1) is 6.92 Å². The fraction of sp³-hybridized carbons (Fsp3) is 0.278. The molecule has 0 atom stereocenters. The van der Waals surface area contributed by atoms with E-state index >= 15 is 0 Å². The standard InChI is InChI=1S/C18H19Cl2NO2S/c1-13-5-7-14(8-6-13)23-10-9-21-18(22)12-24-11-15-16(19)3-2-4-17(15)20/h2-8H,9-12H2,1H3,(H,21,22). The number of nitrogens with one attached hydrogen (secondary N) is 1. The van der Waals surface area contributed by atoms with Gasteiger partial charge in [0, 0.05) is 15.8 Å². The number of aryl methyl sites for hydroxylation is 1. The monoisotopic (exact) mass is 383 g/mol. The number of rotatable bonds is 8. The van der Waals surface area contributed by atoms with Crippen LogP contribution in [0.4, 0.5) is 0 Å². The maximum absolute atomic E-state index is 11.8. The van der Waals surface area contributed by atoms with Crippen LogP contribution in [0.5, 0.6) is 5.75 Å². The lowest BCUT2D eigenvalue weighted by atomic mass is 10.2. The van der Waals surface area contributed by atoms with Crippen LogP contribution in [0.15, 0.2) is 42.5 Å². The van der Waals surface area contributed by atoms with Gasteiger partial charge in [-0.2, -0.15) is 0 Å². The van der Waals surface area contributed by atoms with E-state index in [4.69, 9.17) is 27.9 Å². The molecule has 0 heterocycles. The van der Waals surface area contributed by atoms with E-state index in [1.165, 1.54) is 17.3 Å².